The van der Waals surface area contributed by atoms with Gasteiger partial charge in [-0.2, -0.15) is 0 Å². The van der Waals surface area contributed by atoms with Gasteiger partial charge in [0, 0.05) is 19.3 Å². The number of hydrogen-bond donors (Lipinski definition) is 2. The van der Waals surface area contributed by atoms with Gasteiger partial charge in [-0.05, 0) is 37.5 Å². The van der Waals surface area contributed by atoms with Crippen LogP contribution < -0.4 is 5.32 Å². The van der Waals surface area contributed by atoms with Crippen molar-refractivity contribution in [3.63, 3.8) is 0 Å². The maximum atomic E-state index is 12.0. The first-order chi connectivity index (χ1) is 9.56. The highest BCUT2D eigenvalue weighted by Crippen LogP contribution is 2.28. The lowest BCUT2D eigenvalue weighted by molar-refractivity contribution is -0.144. The molecule has 0 unspecified atom stereocenters. The van der Waals surface area contributed by atoms with E-state index in [4.69, 9.17) is 0 Å². The molecule has 112 valence electrons. The predicted octanol–water partition coefficient (Wildman–Crippen LogP) is 1.90. The van der Waals surface area contributed by atoms with E-state index in [1.165, 1.54) is 0 Å². The van der Waals surface area contributed by atoms with Crippen molar-refractivity contribution in [1.29, 1.82) is 0 Å². The van der Waals surface area contributed by atoms with Crippen LogP contribution in [-0.2, 0) is 14.4 Å². The molecule has 20 heavy (non-hydrogen) atoms. The van der Waals surface area contributed by atoms with Gasteiger partial charge in [-0.25, -0.2) is 4.79 Å². The normalized spacial score (nSPS) is 25.4. The van der Waals surface area contributed by atoms with Gasteiger partial charge in [0.25, 0.3) is 0 Å². The number of hydrogen-bond acceptors (Lipinski definition) is 3. The van der Waals surface area contributed by atoms with E-state index in [9.17, 15) is 19.5 Å². The molecule has 1 amide bonds. The summed E-state index contributed by atoms with van der Waals surface area (Å²) in [6.07, 6.45) is 7.12. The van der Waals surface area contributed by atoms with Gasteiger partial charge < -0.3 is 10.4 Å². The molecule has 2 atom stereocenters. The van der Waals surface area contributed by atoms with Crippen molar-refractivity contribution in [1.82, 2.24) is 5.32 Å². The van der Waals surface area contributed by atoms with Gasteiger partial charge in [0.2, 0.25) is 5.91 Å². The summed E-state index contributed by atoms with van der Waals surface area (Å²) in [4.78, 5) is 34.8. The van der Waals surface area contributed by atoms with E-state index in [-0.39, 0.29) is 24.0 Å². The van der Waals surface area contributed by atoms with E-state index >= 15 is 0 Å². The third-order valence-electron chi connectivity index (χ3n) is 4.52. The minimum atomic E-state index is -1.02. The maximum absolute atomic E-state index is 12.0. The fraction of sp³-hybridized carbons (Fsp3) is 0.800. The molecule has 0 aromatic rings. The molecule has 5 heteroatoms. The first-order valence-corrected chi connectivity index (χ1v) is 7.60. The lowest BCUT2D eigenvalue weighted by atomic mass is 9.83. The highest BCUT2D eigenvalue weighted by Gasteiger charge is 2.33. The second-order valence-corrected chi connectivity index (χ2v) is 6.13. The zero-order valence-electron chi connectivity index (χ0n) is 11.8. The Hall–Kier alpha value is -1.39. The molecule has 0 bridgehead atoms. The van der Waals surface area contributed by atoms with E-state index in [2.05, 4.69) is 5.32 Å². The zero-order chi connectivity index (χ0) is 14.5. The minimum absolute atomic E-state index is 0.109. The number of amides is 1. The van der Waals surface area contributed by atoms with Crippen molar-refractivity contribution >= 4 is 17.7 Å². The molecule has 0 radical (unpaired) electrons. The number of carboxylic acid groups (broad SMARTS) is 1. The Morgan fingerprint density at radius 3 is 2.50 bits per heavy atom. The van der Waals surface area contributed by atoms with Gasteiger partial charge in [-0.3, -0.25) is 9.59 Å². The van der Waals surface area contributed by atoms with Crippen LogP contribution in [0.2, 0.25) is 0 Å². The largest absolute Gasteiger partial charge is 0.480 e. The molecule has 0 aliphatic heterocycles. The van der Waals surface area contributed by atoms with Crippen molar-refractivity contribution in [2.24, 2.45) is 11.8 Å². The Kier molecular flexibility index (Phi) is 5.15. The second-order valence-electron chi connectivity index (χ2n) is 6.13. The molecule has 2 aliphatic rings. The molecular weight excluding hydrogens is 258 g/mol. The minimum Gasteiger partial charge on any atom is -0.480 e. The van der Waals surface area contributed by atoms with Crippen LogP contribution in [-0.4, -0.2) is 28.8 Å². The van der Waals surface area contributed by atoms with Gasteiger partial charge in [0.15, 0.2) is 0 Å². The maximum Gasteiger partial charge on any atom is 0.326 e. The molecule has 2 saturated carbocycles. The molecule has 0 aromatic carbocycles. The molecule has 0 spiro atoms. The van der Waals surface area contributed by atoms with Crippen molar-refractivity contribution in [2.45, 2.75) is 63.8 Å². The van der Waals surface area contributed by atoms with Gasteiger partial charge in [0.1, 0.15) is 11.8 Å². The van der Waals surface area contributed by atoms with E-state index < -0.39 is 12.0 Å². The van der Waals surface area contributed by atoms with Gasteiger partial charge >= 0.3 is 5.97 Å². The Bertz CT molecular complexity index is 387. The molecule has 2 rings (SSSR count). The van der Waals surface area contributed by atoms with Gasteiger partial charge in [-0.1, -0.05) is 12.8 Å². The van der Waals surface area contributed by atoms with E-state index in [1.54, 1.807) is 0 Å². The SMILES string of the molecule is O=C1CCC[C@H]([C@@H](NC(=O)CC2CCCC2)C(=O)O)C1. The lowest BCUT2D eigenvalue weighted by Gasteiger charge is -2.27. The Morgan fingerprint density at radius 2 is 1.90 bits per heavy atom. The summed E-state index contributed by atoms with van der Waals surface area (Å²) in [7, 11) is 0. The Morgan fingerprint density at radius 1 is 1.20 bits per heavy atom. The number of nitrogens with one attached hydrogen (secondary N) is 1. The number of carbonyl (C=O) groups excluding carboxylic acids is 2. The van der Waals surface area contributed by atoms with Crippen LogP contribution in [0.1, 0.15) is 57.8 Å². The lowest BCUT2D eigenvalue weighted by Crippen LogP contribution is -2.47. The molecule has 0 saturated heterocycles. The summed E-state index contributed by atoms with van der Waals surface area (Å²) in [6.45, 7) is 0. The van der Waals surface area contributed by atoms with Gasteiger partial charge in [0.05, 0.1) is 0 Å². The zero-order valence-corrected chi connectivity index (χ0v) is 11.8. The summed E-state index contributed by atoms with van der Waals surface area (Å²) >= 11 is 0. The van der Waals surface area contributed by atoms with Crippen molar-refractivity contribution < 1.29 is 19.5 Å². The fourth-order valence-electron chi connectivity index (χ4n) is 3.43. The summed E-state index contributed by atoms with van der Waals surface area (Å²) in [5, 5.41) is 11.9. The molecule has 0 aromatic heterocycles. The van der Waals surface area contributed by atoms with E-state index in [0.717, 1.165) is 32.1 Å². The Labute approximate surface area is 119 Å². The number of Topliss-reactive ketones (excluding diaryl/α,β-unsaturated/α-hetero) is 1. The molecule has 5 nitrogen and oxygen atoms in total. The number of rotatable bonds is 5. The van der Waals surface area contributed by atoms with Crippen LogP contribution in [0, 0.1) is 11.8 Å². The molecule has 0 heterocycles. The quantitative estimate of drug-likeness (QED) is 0.806. The third kappa shape index (κ3) is 4.05. The second kappa shape index (κ2) is 6.86. The first kappa shape index (κ1) is 15.0. The number of carbonyl (C=O) groups is 3. The highest BCUT2D eigenvalue weighted by molar-refractivity contribution is 5.85. The number of carboxylic acids is 1. The first-order valence-electron chi connectivity index (χ1n) is 7.60. The topological polar surface area (TPSA) is 83.5 Å². The highest BCUT2D eigenvalue weighted by atomic mass is 16.4. The monoisotopic (exact) mass is 281 g/mol. The van der Waals surface area contributed by atoms with Crippen LogP contribution in [0.3, 0.4) is 0 Å². The number of aliphatic carboxylic acids is 1. The third-order valence-corrected chi connectivity index (χ3v) is 4.52. The average molecular weight is 281 g/mol. The smallest absolute Gasteiger partial charge is 0.326 e. The average Bonchev–Trinajstić information content (AvgIpc) is 2.88. The van der Waals surface area contributed by atoms with E-state index in [1.807, 2.05) is 0 Å². The van der Waals surface area contributed by atoms with Crippen LogP contribution in [0.4, 0.5) is 0 Å². The van der Waals surface area contributed by atoms with Crippen molar-refractivity contribution in [3.8, 4) is 0 Å². The van der Waals surface area contributed by atoms with Crippen molar-refractivity contribution in [2.75, 3.05) is 0 Å². The standard InChI is InChI=1S/C15H23NO4/c17-12-7-3-6-11(9-12)14(15(19)20)16-13(18)8-10-4-1-2-5-10/h10-11,14H,1-9H2,(H,16,18)(H,19,20)/t11-,14+/m0/s1. The summed E-state index contributed by atoms with van der Waals surface area (Å²) in [5.41, 5.74) is 0. The summed E-state index contributed by atoms with van der Waals surface area (Å²) in [5.74, 6) is -0.942. The molecule has 2 aliphatic carbocycles. The predicted molar refractivity (Wildman–Crippen MR) is 73.1 cm³/mol. The summed E-state index contributed by atoms with van der Waals surface area (Å²) < 4.78 is 0. The molecule has 2 N–H and O–H groups in total. The molecule has 2 fully saturated rings. The molecular formula is C15H23NO4. The van der Waals surface area contributed by atoms with Crippen molar-refractivity contribution in [3.05, 3.63) is 0 Å². The van der Waals surface area contributed by atoms with Crippen LogP contribution in [0.5, 0.6) is 0 Å². The van der Waals surface area contributed by atoms with Crippen LogP contribution in [0.15, 0.2) is 0 Å². The summed E-state index contributed by atoms with van der Waals surface area (Å²) in [6, 6.07) is -0.909. The van der Waals surface area contributed by atoms with Gasteiger partial charge in [-0.15, -0.1) is 0 Å². The van der Waals surface area contributed by atoms with Crippen LogP contribution >= 0.6 is 0 Å². The fourth-order valence-corrected chi connectivity index (χ4v) is 3.43. The number of ketones is 1. The Balaban J connectivity index is 1.89. The van der Waals surface area contributed by atoms with E-state index in [0.29, 0.717) is 25.2 Å². The van der Waals surface area contributed by atoms with Crippen LogP contribution in [0.25, 0.3) is 0 Å².